The van der Waals surface area contributed by atoms with Crippen molar-refractivity contribution >= 4 is 0 Å². The van der Waals surface area contributed by atoms with Gasteiger partial charge in [-0.15, -0.1) is 0 Å². The van der Waals surface area contributed by atoms with Crippen molar-refractivity contribution in [2.45, 2.75) is 40.2 Å². The third kappa shape index (κ3) is 3.35. The van der Waals surface area contributed by atoms with Gasteiger partial charge in [-0.05, 0) is 31.8 Å². The molecule has 1 aliphatic rings. The predicted octanol–water partition coefficient (Wildman–Crippen LogP) is 3.88. The number of hydrogen-bond donors (Lipinski definition) is 0. The third-order valence-corrected chi connectivity index (χ3v) is 2.97. The largest absolute Gasteiger partial charge is 0.377 e. The van der Waals surface area contributed by atoms with Gasteiger partial charge in [0.2, 0.25) is 0 Å². The summed E-state index contributed by atoms with van der Waals surface area (Å²) in [5.74, 6) is 0.611. The summed E-state index contributed by atoms with van der Waals surface area (Å²) in [4.78, 5) is 0. The maximum absolute atomic E-state index is 5.38. The molecule has 0 aromatic carbocycles. The standard InChI is InChI=1S/C14H22O/c1-10(2)13-7-6-11(3)8-14(9-13)12(4)15-5/h6,8-10,12H,7H2,1-5H3. The second-order valence-corrected chi connectivity index (χ2v) is 4.55. The molecule has 0 fully saturated rings. The topological polar surface area (TPSA) is 9.23 Å². The van der Waals surface area contributed by atoms with Gasteiger partial charge in [-0.2, -0.15) is 0 Å². The van der Waals surface area contributed by atoms with Crippen LogP contribution in [0.4, 0.5) is 0 Å². The maximum Gasteiger partial charge on any atom is 0.0793 e. The van der Waals surface area contributed by atoms with Crippen LogP contribution in [0.25, 0.3) is 0 Å². The molecule has 0 amide bonds. The average Bonchev–Trinajstić information content (AvgIpc) is 2.39. The van der Waals surface area contributed by atoms with Gasteiger partial charge in [-0.1, -0.05) is 43.2 Å². The summed E-state index contributed by atoms with van der Waals surface area (Å²) >= 11 is 0. The van der Waals surface area contributed by atoms with E-state index in [2.05, 4.69) is 45.9 Å². The summed E-state index contributed by atoms with van der Waals surface area (Å²) in [5, 5.41) is 0. The van der Waals surface area contributed by atoms with Gasteiger partial charge >= 0.3 is 0 Å². The van der Waals surface area contributed by atoms with Crippen LogP contribution in [0.15, 0.2) is 34.9 Å². The van der Waals surface area contributed by atoms with Gasteiger partial charge in [0.1, 0.15) is 0 Å². The molecule has 0 aromatic rings. The number of rotatable bonds is 3. The van der Waals surface area contributed by atoms with Gasteiger partial charge in [-0.25, -0.2) is 0 Å². The van der Waals surface area contributed by atoms with Crippen molar-refractivity contribution in [1.29, 1.82) is 0 Å². The number of methoxy groups -OCH3 is 1. The zero-order valence-electron chi connectivity index (χ0n) is 10.5. The Kier molecular flexibility index (Phi) is 4.34. The van der Waals surface area contributed by atoms with E-state index in [-0.39, 0.29) is 6.10 Å². The number of ether oxygens (including phenoxy) is 1. The first-order chi connectivity index (χ1) is 7.04. The highest BCUT2D eigenvalue weighted by Crippen LogP contribution is 2.24. The Hall–Kier alpha value is -0.820. The van der Waals surface area contributed by atoms with E-state index in [4.69, 9.17) is 4.74 Å². The third-order valence-electron chi connectivity index (χ3n) is 2.97. The lowest BCUT2D eigenvalue weighted by molar-refractivity contribution is 0.149. The average molecular weight is 206 g/mol. The van der Waals surface area contributed by atoms with Crippen LogP contribution in [0.2, 0.25) is 0 Å². The first-order valence-electron chi connectivity index (χ1n) is 5.66. The quantitative estimate of drug-likeness (QED) is 0.681. The maximum atomic E-state index is 5.38. The molecule has 0 radical (unpaired) electrons. The lowest BCUT2D eigenvalue weighted by atomic mass is 9.97. The molecule has 1 aliphatic carbocycles. The molecule has 1 rings (SSSR count). The van der Waals surface area contributed by atoms with Gasteiger partial charge in [0.15, 0.2) is 0 Å². The van der Waals surface area contributed by atoms with Crippen molar-refractivity contribution < 1.29 is 4.74 Å². The Labute approximate surface area is 93.5 Å². The molecule has 0 saturated carbocycles. The fourth-order valence-corrected chi connectivity index (χ4v) is 1.69. The van der Waals surface area contributed by atoms with Crippen LogP contribution in [-0.4, -0.2) is 13.2 Å². The monoisotopic (exact) mass is 206 g/mol. The first-order valence-corrected chi connectivity index (χ1v) is 5.66. The molecule has 0 N–H and O–H groups in total. The van der Waals surface area contributed by atoms with E-state index in [0.29, 0.717) is 5.92 Å². The summed E-state index contributed by atoms with van der Waals surface area (Å²) in [6.45, 7) is 8.74. The van der Waals surface area contributed by atoms with Crippen molar-refractivity contribution in [1.82, 2.24) is 0 Å². The zero-order chi connectivity index (χ0) is 11.4. The van der Waals surface area contributed by atoms with Crippen molar-refractivity contribution in [2.24, 2.45) is 5.92 Å². The Morgan fingerprint density at radius 3 is 2.40 bits per heavy atom. The smallest absolute Gasteiger partial charge is 0.0793 e. The molecule has 1 atom stereocenters. The van der Waals surface area contributed by atoms with Gasteiger partial charge in [-0.3, -0.25) is 0 Å². The first kappa shape index (κ1) is 12.3. The predicted molar refractivity (Wildman–Crippen MR) is 65.8 cm³/mol. The number of hydrogen-bond acceptors (Lipinski definition) is 1. The molecule has 15 heavy (non-hydrogen) atoms. The van der Waals surface area contributed by atoms with Crippen LogP contribution < -0.4 is 0 Å². The van der Waals surface area contributed by atoms with Crippen molar-refractivity contribution in [3.05, 3.63) is 34.9 Å². The van der Waals surface area contributed by atoms with Crippen LogP contribution >= 0.6 is 0 Å². The minimum Gasteiger partial charge on any atom is -0.377 e. The van der Waals surface area contributed by atoms with Gasteiger partial charge in [0.05, 0.1) is 6.10 Å². The van der Waals surface area contributed by atoms with Crippen molar-refractivity contribution in [2.75, 3.05) is 7.11 Å². The van der Waals surface area contributed by atoms with E-state index in [9.17, 15) is 0 Å². The Morgan fingerprint density at radius 1 is 1.20 bits per heavy atom. The van der Waals surface area contributed by atoms with Crippen molar-refractivity contribution in [3.8, 4) is 0 Å². The Bertz CT molecular complexity index is 305. The van der Waals surface area contributed by atoms with Crippen LogP contribution in [0.1, 0.15) is 34.1 Å². The minimum absolute atomic E-state index is 0.181. The Balaban J connectivity index is 2.99. The minimum atomic E-state index is 0.181. The lowest BCUT2D eigenvalue weighted by Crippen LogP contribution is -2.08. The SMILES string of the molecule is COC(C)C1=CC(C)=CCC(C(C)C)=C1. The molecular formula is C14H22O. The second-order valence-electron chi connectivity index (χ2n) is 4.55. The van der Waals surface area contributed by atoms with E-state index in [0.717, 1.165) is 6.42 Å². The lowest BCUT2D eigenvalue weighted by Gasteiger charge is -2.13. The van der Waals surface area contributed by atoms with Crippen molar-refractivity contribution in [3.63, 3.8) is 0 Å². The molecule has 0 aliphatic heterocycles. The highest BCUT2D eigenvalue weighted by molar-refractivity contribution is 5.38. The van der Waals surface area contributed by atoms with E-state index < -0.39 is 0 Å². The normalized spacial score (nSPS) is 19.2. The molecule has 0 aromatic heterocycles. The second kappa shape index (κ2) is 5.32. The molecule has 1 unspecified atom stereocenters. The molecule has 0 bridgehead atoms. The molecule has 0 spiro atoms. The summed E-state index contributed by atoms with van der Waals surface area (Å²) < 4.78 is 5.38. The zero-order valence-corrected chi connectivity index (χ0v) is 10.5. The molecular weight excluding hydrogens is 184 g/mol. The summed E-state index contributed by atoms with van der Waals surface area (Å²) in [7, 11) is 1.76. The molecule has 0 heterocycles. The van der Waals surface area contributed by atoms with Crippen LogP contribution in [0.5, 0.6) is 0 Å². The molecule has 84 valence electrons. The van der Waals surface area contributed by atoms with Gasteiger partial charge < -0.3 is 4.74 Å². The fraction of sp³-hybridized carbons (Fsp3) is 0.571. The van der Waals surface area contributed by atoms with E-state index in [1.54, 1.807) is 7.11 Å². The van der Waals surface area contributed by atoms with E-state index in [1.165, 1.54) is 16.7 Å². The summed E-state index contributed by atoms with van der Waals surface area (Å²) in [6.07, 6.45) is 8.07. The van der Waals surface area contributed by atoms with E-state index in [1.807, 2.05) is 0 Å². The van der Waals surface area contributed by atoms with Crippen LogP contribution in [0.3, 0.4) is 0 Å². The highest BCUT2D eigenvalue weighted by atomic mass is 16.5. The molecule has 0 saturated heterocycles. The highest BCUT2D eigenvalue weighted by Gasteiger charge is 2.11. The Morgan fingerprint density at radius 2 is 1.87 bits per heavy atom. The van der Waals surface area contributed by atoms with Crippen LogP contribution in [0, 0.1) is 5.92 Å². The summed E-state index contributed by atoms with van der Waals surface area (Å²) in [5.41, 5.74) is 4.11. The molecule has 1 nitrogen and oxygen atoms in total. The van der Waals surface area contributed by atoms with E-state index >= 15 is 0 Å². The van der Waals surface area contributed by atoms with Crippen LogP contribution in [-0.2, 0) is 4.74 Å². The fourth-order valence-electron chi connectivity index (χ4n) is 1.69. The number of allylic oxidation sites excluding steroid dienone is 4. The summed E-state index contributed by atoms with van der Waals surface area (Å²) in [6, 6.07) is 0. The van der Waals surface area contributed by atoms with Gasteiger partial charge in [0.25, 0.3) is 0 Å². The molecule has 1 heteroatoms. The van der Waals surface area contributed by atoms with Gasteiger partial charge in [0, 0.05) is 7.11 Å².